The van der Waals surface area contributed by atoms with Crippen LogP contribution in [0.1, 0.15) is 17.7 Å². The van der Waals surface area contributed by atoms with E-state index in [1.807, 2.05) is 55.9 Å². The smallest absolute Gasteiger partial charge is 0.231 e. The molecule has 0 aliphatic carbocycles. The maximum absolute atomic E-state index is 12.6. The Morgan fingerprint density at radius 1 is 1.32 bits per heavy atom. The second kappa shape index (κ2) is 7.55. The molecule has 8 heteroatoms. The van der Waals surface area contributed by atoms with Crippen LogP contribution in [0.25, 0.3) is 11.3 Å². The number of aromatic nitrogens is 3. The van der Waals surface area contributed by atoms with Gasteiger partial charge >= 0.3 is 0 Å². The maximum atomic E-state index is 12.6. The lowest BCUT2D eigenvalue weighted by Gasteiger charge is -2.16. The number of rotatable bonds is 5. The first kappa shape index (κ1) is 18.4. The molecule has 2 aromatic heterocycles. The standard InChI is InChI=1S/C20H21N5O2S/c1-13-16(11-24(2)23-13)17-12-28-20(21-17)22-19(27)15-8-18(26)25(10-15)9-14-6-4-3-5-7-14/h3-7,11-12,15H,8-10H2,1-2H3,(H,21,22,27)/t15-/m0/s1. The Morgan fingerprint density at radius 3 is 2.82 bits per heavy atom. The summed E-state index contributed by atoms with van der Waals surface area (Å²) >= 11 is 1.38. The summed E-state index contributed by atoms with van der Waals surface area (Å²) in [5, 5.41) is 9.63. The molecule has 1 aromatic carbocycles. The zero-order valence-electron chi connectivity index (χ0n) is 15.8. The zero-order valence-corrected chi connectivity index (χ0v) is 16.6. The average molecular weight is 395 g/mol. The summed E-state index contributed by atoms with van der Waals surface area (Å²) in [6.45, 7) is 2.89. The molecule has 3 heterocycles. The van der Waals surface area contributed by atoms with Crippen LogP contribution < -0.4 is 5.32 Å². The molecule has 1 fully saturated rings. The highest BCUT2D eigenvalue weighted by molar-refractivity contribution is 7.14. The number of hydrogen-bond acceptors (Lipinski definition) is 5. The second-order valence-electron chi connectivity index (χ2n) is 6.99. The van der Waals surface area contributed by atoms with Crippen LogP contribution >= 0.6 is 11.3 Å². The van der Waals surface area contributed by atoms with E-state index < -0.39 is 0 Å². The monoisotopic (exact) mass is 395 g/mol. The van der Waals surface area contributed by atoms with Gasteiger partial charge in [-0.25, -0.2) is 4.98 Å². The molecule has 144 valence electrons. The summed E-state index contributed by atoms with van der Waals surface area (Å²) in [6.07, 6.45) is 2.14. The molecule has 0 spiro atoms. The summed E-state index contributed by atoms with van der Waals surface area (Å²) in [7, 11) is 1.86. The number of aryl methyl sites for hydroxylation is 2. The predicted octanol–water partition coefficient (Wildman–Crippen LogP) is 2.84. The van der Waals surface area contributed by atoms with Crippen molar-refractivity contribution in [2.75, 3.05) is 11.9 Å². The van der Waals surface area contributed by atoms with E-state index in [1.165, 1.54) is 11.3 Å². The molecule has 1 aliphatic heterocycles. The Labute approximate surface area is 167 Å². The zero-order chi connectivity index (χ0) is 19.7. The third-order valence-corrected chi connectivity index (χ3v) is 5.58. The molecule has 2 amide bonds. The Bertz CT molecular complexity index is 1010. The van der Waals surface area contributed by atoms with Crippen molar-refractivity contribution in [3.63, 3.8) is 0 Å². The summed E-state index contributed by atoms with van der Waals surface area (Å²) in [6, 6.07) is 9.81. The van der Waals surface area contributed by atoms with E-state index in [9.17, 15) is 9.59 Å². The van der Waals surface area contributed by atoms with Gasteiger partial charge in [0.2, 0.25) is 11.8 Å². The number of carbonyl (C=O) groups excluding carboxylic acids is 2. The maximum Gasteiger partial charge on any atom is 0.231 e. The lowest BCUT2D eigenvalue weighted by molar-refractivity contribution is -0.128. The molecule has 1 atom stereocenters. The molecule has 1 N–H and O–H groups in total. The van der Waals surface area contributed by atoms with Crippen LogP contribution in [0.5, 0.6) is 0 Å². The molecule has 1 saturated heterocycles. The molecular weight excluding hydrogens is 374 g/mol. The molecule has 3 aromatic rings. The van der Waals surface area contributed by atoms with Gasteiger partial charge in [0.05, 0.1) is 17.3 Å². The van der Waals surface area contributed by atoms with Crippen LogP contribution in [0.4, 0.5) is 5.13 Å². The van der Waals surface area contributed by atoms with Gasteiger partial charge in [-0.1, -0.05) is 30.3 Å². The van der Waals surface area contributed by atoms with Crippen LogP contribution in [0.15, 0.2) is 41.9 Å². The summed E-state index contributed by atoms with van der Waals surface area (Å²) in [5.74, 6) is -0.508. The largest absolute Gasteiger partial charge is 0.338 e. The second-order valence-corrected chi connectivity index (χ2v) is 7.85. The first-order chi connectivity index (χ1) is 13.5. The Hall–Kier alpha value is -3.00. The van der Waals surface area contributed by atoms with Gasteiger partial charge in [0, 0.05) is 43.7 Å². The molecular formula is C20H21N5O2S. The molecule has 0 unspecified atom stereocenters. The highest BCUT2D eigenvalue weighted by Gasteiger charge is 2.34. The minimum atomic E-state index is -0.358. The Balaban J connectivity index is 1.39. The van der Waals surface area contributed by atoms with Crippen LogP contribution in [-0.4, -0.2) is 38.0 Å². The van der Waals surface area contributed by atoms with E-state index in [1.54, 1.807) is 9.58 Å². The van der Waals surface area contributed by atoms with Crippen molar-refractivity contribution in [2.24, 2.45) is 13.0 Å². The molecule has 0 radical (unpaired) electrons. The van der Waals surface area contributed by atoms with Crippen LogP contribution in [0.2, 0.25) is 0 Å². The average Bonchev–Trinajstić information content (AvgIpc) is 3.36. The van der Waals surface area contributed by atoms with Crippen LogP contribution in [-0.2, 0) is 23.2 Å². The number of nitrogens with one attached hydrogen (secondary N) is 1. The first-order valence-corrected chi connectivity index (χ1v) is 9.96. The number of nitrogens with zero attached hydrogens (tertiary/aromatic N) is 4. The number of carbonyl (C=O) groups is 2. The van der Waals surface area contributed by atoms with E-state index in [0.717, 1.165) is 22.5 Å². The van der Waals surface area contributed by atoms with E-state index in [-0.39, 0.29) is 24.2 Å². The van der Waals surface area contributed by atoms with Crippen molar-refractivity contribution < 1.29 is 9.59 Å². The molecule has 1 aliphatic rings. The van der Waals surface area contributed by atoms with Crippen molar-refractivity contribution in [2.45, 2.75) is 19.9 Å². The minimum Gasteiger partial charge on any atom is -0.338 e. The SMILES string of the molecule is Cc1nn(C)cc1-c1csc(NC(=O)[C@H]2CC(=O)N(Cc3ccccc3)C2)n1. The fraction of sp³-hybridized carbons (Fsp3) is 0.300. The number of likely N-dealkylation sites (tertiary alicyclic amines) is 1. The van der Waals surface area contributed by atoms with Gasteiger partial charge in [0.1, 0.15) is 0 Å². The van der Waals surface area contributed by atoms with Crippen LogP contribution in [0.3, 0.4) is 0 Å². The van der Waals surface area contributed by atoms with Gasteiger partial charge in [-0.2, -0.15) is 5.10 Å². The Kier molecular flexibility index (Phi) is 4.95. The topological polar surface area (TPSA) is 80.1 Å². The van der Waals surface area contributed by atoms with Gasteiger partial charge in [-0.05, 0) is 12.5 Å². The van der Waals surface area contributed by atoms with Gasteiger partial charge in [-0.15, -0.1) is 11.3 Å². The quantitative estimate of drug-likeness (QED) is 0.720. The number of anilines is 1. The van der Waals surface area contributed by atoms with Crippen molar-refractivity contribution in [3.8, 4) is 11.3 Å². The van der Waals surface area contributed by atoms with Gasteiger partial charge in [0.15, 0.2) is 5.13 Å². The van der Waals surface area contributed by atoms with Gasteiger partial charge in [-0.3, -0.25) is 14.3 Å². The molecule has 28 heavy (non-hydrogen) atoms. The minimum absolute atomic E-state index is 0.00909. The number of hydrogen-bond donors (Lipinski definition) is 1. The van der Waals surface area contributed by atoms with Crippen molar-refractivity contribution in [1.29, 1.82) is 0 Å². The molecule has 0 saturated carbocycles. The fourth-order valence-electron chi connectivity index (χ4n) is 3.42. The third-order valence-electron chi connectivity index (χ3n) is 4.83. The summed E-state index contributed by atoms with van der Waals surface area (Å²) in [5.41, 5.74) is 3.69. The number of amides is 2. The lowest BCUT2D eigenvalue weighted by Crippen LogP contribution is -2.28. The van der Waals surface area contributed by atoms with Gasteiger partial charge < -0.3 is 10.2 Å². The fourth-order valence-corrected chi connectivity index (χ4v) is 4.13. The van der Waals surface area contributed by atoms with Crippen molar-refractivity contribution in [3.05, 3.63) is 53.2 Å². The number of thiazole rings is 1. The highest BCUT2D eigenvalue weighted by atomic mass is 32.1. The van der Waals surface area contributed by atoms with E-state index in [4.69, 9.17) is 0 Å². The van der Waals surface area contributed by atoms with Crippen molar-refractivity contribution in [1.82, 2.24) is 19.7 Å². The predicted molar refractivity (Wildman–Crippen MR) is 108 cm³/mol. The summed E-state index contributed by atoms with van der Waals surface area (Å²) in [4.78, 5) is 31.2. The van der Waals surface area contributed by atoms with E-state index in [0.29, 0.717) is 18.2 Å². The Morgan fingerprint density at radius 2 is 2.11 bits per heavy atom. The molecule has 7 nitrogen and oxygen atoms in total. The first-order valence-electron chi connectivity index (χ1n) is 9.08. The van der Waals surface area contributed by atoms with Crippen molar-refractivity contribution >= 4 is 28.3 Å². The van der Waals surface area contributed by atoms with Crippen LogP contribution in [0, 0.1) is 12.8 Å². The normalized spacial score (nSPS) is 16.6. The lowest BCUT2D eigenvalue weighted by atomic mass is 10.1. The highest BCUT2D eigenvalue weighted by Crippen LogP contribution is 2.28. The molecule has 4 rings (SSSR count). The number of benzene rings is 1. The molecule has 0 bridgehead atoms. The van der Waals surface area contributed by atoms with Gasteiger partial charge in [0.25, 0.3) is 0 Å². The van der Waals surface area contributed by atoms with E-state index in [2.05, 4.69) is 15.4 Å². The summed E-state index contributed by atoms with van der Waals surface area (Å²) < 4.78 is 1.74. The third kappa shape index (κ3) is 3.82. The van der Waals surface area contributed by atoms with E-state index >= 15 is 0 Å².